The molecule has 100 valence electrons. The van der Waals surface area contributed by atoms with Crippen LogP contribution in [0.25, 0.3) is 0 Å². The second-order valence-corrected chi connectivity index (χ2v) is 5.51. The highest BCUT2D eigenvalue weighted by atomic mass is 16.3. The van der Waals surface area contributed by atoms with Crippen molar-refractivity contribution in [3.63, 3.8) is 0 Å². The normalized spacial score (nSPS) is 18.9. The molecular weight excluding hydrogens is 226 g/mol. The highest BCUT2D eigenvalue weighted by molar-refractivity contribution is 5.25. The summed E-state index contributed by atoms with van der Waals surface area (Å²) in [5, 5.41) is 18.9. The lowest BCUT2D eigenvalue weighted by atomic mass is 9.82. The molecule has 2 N–H and O–H groups in total. The Bertz CT molecular complexity index is 364. The van der Waals surface area contributed by atoms with Gasteiger partial charge in [-0.1, -0.05) is 37.3 Å². The molecule has 0 aliphatic heterocycles. The minimum atomic E-state index is -0.251. The van der Waals surface area contributed by atoms with Gasteiger partial charge in [0.25, 0.3) is 0 Å². The smallest absolute Gasteiger partial charge is 0.0558 e. The Hall–Kier alpha value is -0.900. The van der Waals surface area contributed by atoms with E-state index in [-0.39, 0.29) is 18.6 Å². The fourth-order valence-electron chi connectivity index (χ4n) is 2.48. The number of rotatable bonds is 7. The number of hydrogen-bond acceptors (Lipinski definition) is 3. The molecule has 0 heterocycles. The summed E-state index contributed by atoms with van der Waals surface area (Å²) >= 11 is 0. The first-order valence-electron chi connectivity index (χ1n) is 6.71. The molecule has 1 aliphatic carbocycles. The molecule has 1 aromatic carbocycles. The van der Waals surface area contributed by atoms with E-state index in [4.69, 9.17) is 5.11 Å². The first kappa shape index (κ1) is 13.5. The molecule has 3 heteroatoms. The van der Waals surface area contributed by atoms with Crippen LogP contribution in [0.5, 0.6) is 0 Å². The maximum atomic E-state index is 9.77. The zero-order valence-electron chi connectivity index (χ0n) is 11.0. The van der Waals surface area contributed by atoms with Crippen molar-refractivity contribution in [1.82, 2.24) is 4.90 Å². The number of aliphatic hydroxyl groups excluding tert-OH is 2. The molecule has 1 aliphatic rings. The number of aliphatic hydroxyl groups is 2. The van der Waals surface area contributed by atoms with Gasteiger partial charge in [0.2, 0.25) is 0 Å². The summed E-state index contributed by atoms with van der Waals surface area (Å²) in [6.45, 7) is 3.92. The first-order chi connectivity index (χ1) is 8.69. The Kier molecular flexibility index (Phi) is 4.38. The Labute approximate surface area is 109 Å². The number of benzene rings is 1. The monoisotopic (exact) mass is 249 g/mol. The van der Waals surface area contributed by atoms with Crippen LogP contribution in [0.3, 0.4) is 0 Å². The van der Waals surface area contributed by atoms with Crippen molar-refractivity contribution in [3.8, 4) is 0 Å². The summed E-state index contributed by atoms with van der Waals surface area (Å²) < 4.78 is 0. The highest BCUT2D eigenvalue weighted by Crippen LogP contribution is 2.31. The lowest BCUT2D eigenvalue weighted by molar-refractivity contribution is 0.120. The van der Waals surface area contributed by atoms with Crippen LogP contribution in [0, 0.1) is 0 Å². The van der Waals surface area contributed by atoms with Gasteiger partial charge in [0, 0.05) is 24.5 Å². The maximum absolute atomic E-state index is 9.77. The van der Waals surface area contributed by atoms with E-state index in [1.807, 2.05) is 18.2 Å². The second kappa shape index (κ2) is 5.83. The van der Waals surface area contributed by atoms with E-state index in [9.17, 15) is 5.11 Å². The van der Waals surface area contributed by atoms with Gasteiger partial charge >= 0.3 is 0 Å². The quantitative estimate of drug-likeness (QED) is 0.767. The van der Waals surface area contributed by atoms with Crippen LogP contribution in [-0.2, 0) is 5.41 Å². The van der Waals surface area contributed by atoms with Crippen LogP contribution in [0.1, 0.15) is 25.3 Å². The van der Waals surface area contributed by atoms with Crippen LogP contribution in [-0.4, -0.2) is 47.5 Å². The van der Waals surface area contributed by atoms with Gasteiger partial charge in [-0.15, -0.1) is 0 Å². The molecule has 0 saturated heterocycles. The summed E-state index contributed by atoms with van der Waals surface area (Å²) in [4.78, 5) is 2.31. The zero-order valence-corrected chi connectivity index (χ0v) is 11.0. The predicted molar refractivity (Wildman–Crippen MR) is 72.6 cm³/mol. The van der Waals surface area contributed by atoms with Gasteiger partial charge in [-0.05, 0) is 18.4 Å². The van der Waals surface area contributed by atoms with Gasteiger partial charge in [-0.25, -0.2) is 0 Å². The van der Waals surface area contributed by atoms with E-state index in [1.165, 1.54) is 12.8 Å². The van der Waals surface area contributed by atoms with Crippen molar-refractivity contribution < 1.29 is 10.2 Å². The van der Waals surface area contributed by atoms with Crippen molar-refractivity contribution >= 4 is 0 Å². The van der Waals surface area contributed by atoms with Gasteiger partial charge < -0.3 is 10.2 Å². The van der Waals surface area contributed by atoms with Gasteiger partial charge in [-0.3, -0.25) is 4.90 Å². The Morgan fingerprint density at radius 1 is 1.22 bits per heavy atom. The van der Waals surface area contributed by atoms with Crippen LogP contribution in [0.2, 0.25) is 0 Å². The van der Waals surface area contributed by atoms with Crippen molar-refractivity contribution in [2.75, 3.05) is 26.3 Å². The summed E-state index contributed by atoms with van der Waals surface area (Å²) in [5.74, 6) is 0. The van der Waals surface area contributed by atoms with Gasteiger partial charge in [0.15, 0.2) is 0 Å². The topological polar surface area (TPSA) is 43.7 Å². The third-order valence-corrected chi connectivity index (χ3v) is 3.82. The number of hydrogen-bond donors (Lipinski definition) is 2. The van der Waals surface area contributed by atoms with Crippen LogP contribution < -0.4 is 0 Å². The van der Waals surface area contributed by atoms with E-state index >= 15 is 0 Å². The Morgan fingerprint density at radius 2 is 1.89 bits per heavy atom. The zero-order chi connectivity index (χ0) is 13.0. The van der Waals surface area contributed by atoms with Crippen LogP contribution in [0.4, 0.5) is 0 Å². The standard InChI is InChI=1S/C15H23NO2/c1-15(12-18,13-5-3-2-4-6-13)11-16(9-10-17)14-7-8-14/h2-6,14,17-18H,7-12H2,1H3. The lowest BCUT2D eigenvalue weighted by Crippen LogP contribution is -2.43. The summed E-state index contributed by atoms with van der Waals surface area (Å²) in [6, 6.07) is 10.8. The molecular formula is C15H23NO2. The van der Waals surface area contributed by atoms with Gasteiger partial charge in [-0.2, -0.15) is 0 Å². The molecule has 2 rings (SSSR count). The van der Waals surface area contributed by atoms with Crippen molar-refractivity contribution in [2.45, 2.75) is 31.2 Å². The van der Waals surface area contributed by atoms with Crippen LogP contribution >= 0.6 is 0 Å². The van der Waals surface area contributed by atoms with E-state index in [0.29, 0.717) is 12.6 Å². The SMILES string of the molecule is CC(CO)(CN(CCO)C1CC1)c1ccccc1. The molecule has 0 aromatic heterocycles. The van der Waals surface area contributed by atoms with Crippen molar-refractivity contribution in [2.24, 2.45) is 0 Å². The summed E-state index contributed by atoms with van der Waals surface area (Å²) in [6.07, 6.45) is 2.44. The fraction of sp³-hybridized carbons (Fsp3) is 0.600. The average Bonchev–Trinajstić information content (AvgIpc) is 3.23. The summed E-state index contributed by atoms with van der Waals surface area (Å²) in [7, 11) is 0. The van der Waals surface area contributed by atoms with E-state index in [0.717, 1.165) is 12.1 Å². The van der Waals surface area contributed by atoms with Crippen molar-refractivity contribution in [3.05, 3.63) is 35.9 Å². The van der Waals surface area contributed by atoms with Crippen LogP contribution in [0.15, 0.2) is 30.3 Å². The largest absolute Gasteiger partial charge is 0.395 e. The van der Waals surface area contributed by atoms with Crippen molar-refractivity contribution in [1.29, 1.82) is 0 Å². The third kappa shape index (κ3) is 3.10. The third-order valence-electron chi connectivity index (χ3n) is 3.82. The molecule has 0 spiro atoms. The first-order valence-corrected chi connectivity index (χ1v) is 6.71. The Balaban J connectivity index is 2.11. The van der Waals surface area contributed by atoms with E-state index < -0.39 is 0 Å². The molecule has 0 bridgehead atoms. The van der Waals surface area contributed by atoms with Gasteiger partial charge in [0.05, 0.1) is 13.2 Å². The minimum absolute atomic E-state index is 0.131. The predicted octanol–water partition coefficient (Wildman–Crippen LogP) is 1.39. The molecule has 1 saturated carbocycles. The molecule has 0 radical (unpaired) electrons. The molecule has 1 fully saturated rings. The van der Waals surface area contributed by atoms with Gasteiger partial charge in [0.1, 0.15) is 0 Å². The van der Waals surface area contributed by atoms with E-state index in [1.54, 1.807) is 0 Å². The molecule has 1 unspecified atom stereocenters. The molecule has 0 amide bonds. The Morgan fingerprint density at radius 3 is 2.39 bits per heavy atom. The number of nitrogens with zero attached hydrogens (tertiary/aromatic N) is 1. The highest BCUT2D eigenvalue weighted by Gasteiger charge is 2.35. The average molecular weight is 249 g/mol. The summed E-state index contributed by atoms with van der Waals surface area (Å²) in [5.41, 5.74) is 0.912. The van der Waals surface area contributed by atoms with E-state index in [2.05, 4.69) is 24.0 Å². The fourth-order valence-corrected chi connectivity index (χ4v) is 2.48. The lowest BCUT2D eigenvalue weighted by Gasteiger charge is -2.34. The minimum Gasteiger partial charge on any atom is -0.395 e. The molecule has 3 nitrogen and oxygen atoms in total. The maximum Gasteiger partial charge on any atom is 0.0558 e. The second-order valence-electron chi connectivity index (χ2n) is 5.51. The molecule has 18 heavy (non-hydrogen) atoms. The molecule has 1 aromatic rings. The molecule has 1 atom stereocenters.